The van der Waals surface area contributed by atoms with Gasteiger partial charge in [-0.15, -0.1) is 0 Å². The summed E-state index contributed by atoms with van der Waals surface area (Å²) in [6.45, 7) is 0. The SMILES string of the molecule is Fc1ccc(N2C(=S)N[C@@H](c3ccccn3)[C@H]2c2cccn2-c2ccc(F)cc2)cc1. The van der Waals surface area contributed by atoms with Gasteiger partial charge < -0.3 is 14.8 Å². The maximum Gasteiger partial charge on any atom is 0.174 e. The van der Waals surface area contributed by atoms with Crippen LogP contribution < -0.4 is 10.2 Å². The molecule has 0 aliphatic carbocycles. The molecule has 0 spiro atoms. The molecule has 2 aromatic carbocycles. The third-order valence-electron chi connectivity index (χ3n) is 5.39. The van der Waals surface area contributed by atoms with Gasteiger partial charge in [-0.05, 0) is 85.0 Å². The van der Waals surface area contributed by atoms with E-state index in [1.54, 1.807) is 30.5 Å². The lowest BCUT2D eigenvalue weighted by Gasteiger charge is -2.29. The van der Waals surface area contributed by atoms with Crippen LogP contribution in [0, 0.1) is 11.6 Å². The summed E-state index contributed by atoms with van der Waals surface area (Å²) in [4.78, 5) is 6.52. The highest BCUT2D eigenvalue weighted by Crippen LogP contribution is 2.42. The number of rotatable bonds is 4. The first kappa shape index (κ1) is 19.4. The quantitative estimate of drug-likeness (QED) is 0.442. The van der Waals surface area contributed by atoms with Crippen LogP contribution in [0.15, 0.2) is 91.3 Å². The van der Waals surface area contributed by atoms with Gasteiger partial charge in [-0.2, -0.15) is 0 Å². The molecule has 1 aliphatic heterocycles. The van der Waals surface area contributed by atoms with Gasteiger partial charge in [-0.25, -0.2) is 8.78 Å². The number of halogens is 2. The van der Waals surface area contributed by atoms with Gasteiger partial charge in [0.1, 0.15) is 17.7 Å². The van der Waals surface area contributed by atoms with Gasteiger partial charge in [0.2, 0.25) is 0 Å². The third-order valence-corrected chi connectivity index (χ3v) is 5.71. The Bertz CT molecular complexity index is 1210. The second-order valence-corrected chi connectivity index (χ2v) is 7.64. The molecule has 3 heterocycles. The van der Waals surface area contributed by atoms with Crippen molar-refractivity contribution in [2.24, 2.45) is 0 Å². The van der Waals surface area contributed by atoms with Crippen LogP contribution in [0.1, 0.15) is 23.5 Å². The van der Waals surface area contributed by atoms with E-state index < -0.39 is 0 Å². The molecule has 0 radical (unpaired) electrons. The number of thiocarbonyl (C=S) groups is 1. The highest BCUT2D eigenvalue weighted by molar-refractivity contribution is 7.80. The van der Waals surface area contributed by atoms with E-state index in [4.69, 9.17) is 12.2 Å². The largest absolute Gasteiger partial charge is 0.351 e. The predicted octanol–water partition coefficient (Wildman–Crippen LogP) is 5.33. The van der Waals surface area contributed by atoms with Gasteiger partial charge in [-0.1, -0.05) is 6.07 Å². The van der Waals surface area contributed by atoms with Crippen molar-refractivity contribution in [2.75, 3.05) is 4.90 Å². The Kier molecular flexibility index (Phi) is 4.95. The summed E-state index contributed by atoms with van der Waals surface area (Å²) in [5.41, 5.74) is 3.39. The van der Waals surface area contributed by atoms with Gasteiger partial charge >= 0.3 is 0 Å². The van der Waals surface area contributed by atoms with Crippen molar-refractivity contribution >= 4 is 23.0 Å². The predicted molar refractivity (Wildman–Crippen MR) is 120 cm³/mol. The molecule has 4 aromatic rings. The lowest BCUT2D eigenvalue weighted by molar-refractivity contribution is 0.549. The second-order valence-electron chi connectivity index (χ2n) is 7.25. The van der Waals surface area contributed by atoms with Crippen LogP contribution in [0.25, 0.3) is 5.69 Å². The number of hydrogen-bond acceptors (Lipinski definition) is 2. The fourth-order valence-corrected chi connectivity index (χ4v) is 4.35. The summed E-state index contributed by atoms with van der Waals surface area (Å²) in [5.74, 6) is -0.602. The number of nitrogens with one attached hydrogen (secondary N) is 1. The number of hydrogen-bond donors (Lipinski definition) is 1. The molecule has 1 fully saturated rings. The van der Waals surface area contributed by atoms with Crippen LogP contribution in [-0.2, 0) is 0 Å². The smallest absolute Gasteiger partial charge is 0.174 e. The summed E-state index contributed by atoms with van der Waals surface area (Å²) >= 11 is 5.69. The summed E-state index contributed by atoms with van der Waals surface area (Å²) in [5, 5.41) is 3.91. The molecule has 5 rings (SSSR count). The van der Waals surface area contributed by atoms with Gasteiger partial charge in [0.15, 0.2) is 5.11 Å². The molecule has 0 bridgehead atoms. The first-order valence-electron chi connectivity index (χ1n) is 9.81. The van der Waals surface area contributed by atoms with E-state index in [-0.39, 0.29) is 23.7 Å². The molecule has 154 valence electrons. The minimum absolute atomic E-state index is 0.229. The Hall–Kier alpha value is -3.58. The van der Waals surface area contributed by atoms with Crippen molar-refractivity contribution in [1.82, 2.24) is 14.9 Å². The topological polar surface area (TPSA) is 33.1 Å². The fourth-order valence-electron chi connectivity index (χ4n) is 4.01. The molecule has 1 N–H and O–H groups in total. The van der Waals surface area contributed by atoms with E-state index in [1.807, 2.05) is 46.0 Å². The lowest BCUT2D eigenvalue weighted by atomic mass is 10.0. The Morgan fingerprint density at radius 3 is 2.13 bits per heavy atom. The minimum atomic E-state index is -0.311. The average molecular weight is 432 g/mol. The normalized spacial score (nSPS) is 18.3. The molecule has 31 heavy (non-hydrogen) atoms. The molecule has 0 unspecified atom stereocenters. The number of aromatic nitrogens is 2. The fraction of sp³-hybridized carbons (Fsp3) is 0.0833. The monoisotopic (exact) mass is 432 g/mol. The summed E-state index contributed by atoms with van der Waals surface area (Å²) < 4.78 is 29.1. The molecule has 0 amide bonds. The Labute approximate surface area is 183 Å². The summed E-state index contributed by atoms with van der Waals surface area (Å²) in [6, 6.07) is 21.8. The van der Waals surface area contributed by atoms with E-state index in [9.17, 15) is 8.78 Å². The van der Waals surface area contributed by atoms with Crippen molar-refractivity contribution in [3.05, 3.63) is 114 Å². The zero-order chi connectivity index (χ0) is 21.4. The molecule has 0 saturated carbocycles. The van der Waals surface area contributed by atoms with Crippen LogP contribution in [0.5, 0.6) is 0 Å². The van der Waals surface area contributed by atoms with Crippen molar-refractivity contribution in [3.8, 4) is 5.69 Å². The van der Waals surface area contributed by atoms with Crippen LogP contribution in [0.2, 0.25) is 0 Å². The summed E-state index contributed by atoms with van der Waals surface area (Å²) in [6.07, 6.45) is 3.68. The number of pyridine rings is 1. The number of benzene rings is 2. The molecule has 2 aromatic heterocycles. The van der Waals surface area contributed by atoms with E-state index >= 15 is 0 Å². The Morgan fingerprint density at radius 2 is 1.48 bits per heavy atom. The molecule has 4 nitrogen and oxygen atoms in total. The Morgan fingerprint density at radius 1 is 0.806 bits per heavy atom. The van der Waals surface area contributed by atoms with Gasteiger partial charge in [-0.3, -0.25) is 4.98 Å². The molecule has 7 heteroatoms. The minimum Gasteiger partial charge on any atom is -0.351 e. The van der Waals surface area contributed by atoms with Crippen LogP contribution >= 0.6 is 12.2 Å². The molecule has 1 saturated heterocycles. The second kappa shape index (κ2) is 7.92. The van der Waals surface area contributed by atoms with E-state index in [0.717, 1.165) is 22.8 Å². The number of nitrogens with zero attached hydrogens (tertiary/aromatic N) is 3. The van der Waals surface area contributed by atoms with Crippen molar-refractivity contribution in [3.63, 3.8) is 0 Å². The highest BCUT2D eigenvalue weighted by Gasteiger charge is 2.42. The zero-order valence-corrected chi connectivity index (χ0v) is 17.1. The van der Waals surface area contributed by atoms with E-state index in [0.29, 0.717) is 5.11 Å². The average Bonchev–Trinajstić information content (AvgIpc) is 3.40. The molecule has 2 atom stereocenters. The first-order chi connectivity index (χ1) is 15.1. The van der Waals surface area contributed by atoms with Crippen molar-refractivity contribution in [1.29, 1.82) is 0 Å². The lowest BCUT2D eigenvalue weighted by Crippen LogP contribution is -2.30. The Balaban J connectivity index is 1.66. The van der Waals surface area contributed by atoms with Gasteiger partial charge in [0, 0.05) is 29.5 Å². The molecule has 1 aliphatic rings. The maximum absolute atomic E-state index is 13.6. The maximum atomic E-state index is 13.6. The van der Waals surface area contributed by atoms with Crippen LogP contribution in [-0.4, -0.2) is 14.7 Å². The van der Waals surface area contributed by atoms with Crippen molar-refractivity contribution < 1.29 is 8.78 Å². The highest BCUT2D eigenvalue weighted by atomic mass is 32.1. The van der Waals surface area contributed by atoms with Crippen LogP contribution in [0.4, 0.5) is 14.5 Å². The first-order valence-corrected chi connectivity index (χ1v) is 10.2. The van der Waals surface area contributed by atoms with Gasteiger partial charge in [0.05, 0.1) is 11.7 Å². The van der Waals surface area contributed by atoms with E-state index in [1.165, 1.54) is 24.3 Å². The summed E-state index contributed by atoms with van der Waals surface area (Å²) in [7, 11) is 0. The molecular formula is C24H18F2N4S. The standard InChI is InChI=1S/C24H18F2N4S/c25-16-6-10-18(11-7-16)29-15-3-5-21(29)23-22(20-4-1-2-14-27-20)28-24(31)30(23)19-12-8-17(26)9-13-19/h1-15,22-23H,(H,28,31)/t22-,23+/m0/s1. The zero-order valence-electron chi connectivity index (χ0n) is 16.3. The molecular weight excluding hydrogens is 414 g/mol. The number of anilines is 1. The third kappa shape index (κ3) is 3.57. The van der Waals surface area contributed by atoms with Crippen LogP contribution in [0.3, 0.4) is 0 Å². The van der Waals surface area contributed by atoms with Crippen molar-refractivity contribution in [2.45, 2.75) is 12.1 Å². The van der Waals surface area contributed by atoms with Gasteiger partial charge in [0.25, 0.3) is 0 Å². The van der Waals surface area contributed by atoms with E-state index in [2.05, 4.69) is 10.3 Å².